The molecule has 1 aromatic carbocycles. The first-order valence-corrected chi connectivity index (χ1v) is 7.82. The summed E-state index contributed by atoms with van der Waals surface area (Å²) < 4.78 is 2.48. The van der Waals surface area contributed by atoms with E-state index >= 15 is 0 Å². The zero-order valence-corrected chi connectivity index (χ0v) is 14.3. The molecular weight excluding hydrogens is 363 g/mol. The fourth-order valence-electron chi connectivity index (χ4n) is 2.11. The summed E-state index contributed by atoms with van der Waals surface area (Å²) in [5, 5.41) is 15.9. The lowest BCUT2D eigenvalue weighted by Crippen LogP contribution is -2.07. The molecule has 3 nitrogen and oxygen atoms in total. The van der Waals surface area contributed by atoms with E-state index in [0.29, 0.717) is 22.0 Å². The van der Waals surface area contributed by atoms with E-state index in [2.05, 4.69) is 21.0 Å². The van der Waals surface area contributed by atoms with Crippen LogP contribution in [0.15, 0.2) is 22.7 Å². The van der Waals surface area contributed by atoms with Crippen LogP contribution in [0.25, 0.3) is 0 Å². The van der Waals surface area contributed by atoms with E-state index in [0.717, 1.165) is 22.3 Å². The van der Waals surface area contributed by atoms with Gasteiger partial charge >= 0.3 is 0 Å². The number of aliphatic hydroxyl groups excluding tert-OH is 1. The average molecular weight is 378 g/mol. The number of aryl methyl sites for hydroxylation is 2. The third kappa shape index (κ3) is 3.03. The number of rotatable bonds is 4. The Morgan fingerprint density at radius 2 is 2.05 bits per heavy atom. The maximum atomic E-state index is 10.4. The molecule has 0 amide bonds. The number of hydrogen-bond donors (Lipinski definition) is 1. The second kappa shape index (κ2) is 6.48. The Kier molecular flexibility index (Phi) is 5.13. The van der Waals surface area contributed by atoms with Gasteiger partial charge in [0.2, 0.25) is 0 Å². The van der Waals surface area contributed by atoms with Crippen molar-refractivity contribution >= 4 is 39.1 Å². The Balaban J connectivity index is 2.30. The lowest BCUT2D eigenvalue weighted by atomic mass is 10.0. The van der Waals surface area contributed by atoms with Crippen molar-refractivity contribution in [1.29, 1.82) is 0 Å². The summed E-state index contributed by atoms with van der Waals surface area (Å²) in [6, 6.07) is 5.49. The van der Waals surface area contributed by atoms with Crippen LogP contribution in [0.2, 0.25) is 10.0 Å². The molecule has 0 spiro atoms. The Morgan fingerprint density at radius 1 is 1.35 bits per heavy atom. The van der Waals surface area contributed by atoms with Crippen molar-refractivity contribution in [1.82, 2.24) is 9.78 Å². The molecule has 0 aliphatic heterocycles. The zero-order valence-electron chi connectivity index (χ0n) is 11.2. The Hall–Kier alpha value is -0.550. The van der Waals surface area contributed by atoms with Crippen molar-refractivity contribution < 1.29 is 5.11 Å². The Bertz CT molecular complexity index is 628. The summed E-state index contributed by atoms with van der Waals surface area (Å²) in [7, 11) is 1.83. The molecule has 0 fully saturated rings. The fourth-order valence-corrected chi connectivity index (χ4v) is 3.12. The maximum Gasteiger partial charge on any atom is 0.0860 e. The van der Waals surface area contributed by atoms with Gasteiger partial charge in [-0.25, -0.2) is 0 Å². The van der Waals surface area contributed by atoms with Crippen LogP contribution in [0.4, 0.5) is 0 Å². The van der Waals surface area contributed by atoms with Crippen LogP contribution in [0.5, 0.6) is 0 Å². The van der Waals surface area contributed by atoms with Gasteiger partial charge in [-0.1, -0.05) is 42.3 Å². The van der Waals surface area contributed by atoms with Crippen LogP contribution in [-0.2, 0) is 19.9 Å². The Morgan fingerprint density at radius 3 is 2.65 bits per heavy atom. The number of halogens is 3. The predicted octanol–water partition coefficient (Wildman–Crippen LogP) is 4.33. The first-order chi connectivity index (χ1) is 9.45. The average Bonchev–Trinajstić information content (AvgIpc) is 2.69. The van der Waals surface area contributed by atoms with E-state index in [1.165, 1.54) is 0 Å². The summed E-state index contributed by atoms with van der Waals surface area (Å²) in [5.41, 5.74) is 2.33. The normalized spacial score (nSPS) is 12.7. The smallest absolute Gasteiger partial charge is 0.0860 e. The van der Waals surface area contributed by atoms with Gasteiger partial charge in [-0.05, 0) is 28.4 Å². The number of hydrogen-bond acceptors (Lipinski definition) is 2. The van der Waals surface area contributed by atoms with Crippen LogP contribution < -0.4 is 0 Å². The van der Waals surface area contributed by atoms with Crippen LogP contribution in [0, 0.1) is 0 Å². The molecule has 1 atom stereocenters. The third-order valence-electron chi connectivity index (χ3n) is 3.23. The first kappa shape index (κ1) is 15.8. The topological polar surface area (TPSA) is 38.0 Å². The van der Waals surface area contributed by atoms with Crippen molar-refractivity contribution in [3.05, 3.63) is 49.7 Å². The van der Waals surface area contributed by atoms with Gasteiger partial charge in [-0.2, -0.15) is 5.10 Å². The molecule has 108 valence electrons. The lowest BCUT2D eigenvalue weighted by Gasteiger charge is -2.14. The molecule has 2 rings (SSSR count). The standard InChI is InChI=1S/C14H15BrCl2N2O/c1-3-10-14(17)11(19(2)18-10)7-12(20)8-5-4-6-9(15)13(8)16/h4-6,12,20H,3,7H2,1-2H3. The molecule has 0 radical (unpaired) electrons. The van der Waals surface area contributed by atoms with Gasteiger partial charge in [0, 0.05) is 23.5 Å². The maximum absolute atomic E-state index is 10.4. The van der Waals surface area contributed by atoms with Crippen LogP contribution >= 0.6 is 39.1 Å². The molecule has 0 aliphatic carbocycles. The van der Waals surface area contributed by atoms with E-state index < -0.39 is 6.10 Å². The molecular formula is C14H15BrCl2N2O. The van der Waals surface area contributed by atoms with Gasteiger partial charge in [0.1, 0.15) is 0 Å². The fraction of sp³-hybridized carbons (Fsp3) is 0.357. The van der Waals surface area contributed by atoms with Gasteiger partial charge in [0.25, 0.3) is 0 Å². The monoisotopic (exact) mass is 376 g/mol. The van der Waals surface area contributed by atoms with E-state index in [1.54, 1.807) is 4.68 Å². The molecule has 6 heteroatoms. The van der Waals surface area contributed by atoms with E-state index in [1.807, 2.05) is 32.2 Å². The van der Waals surface area contributed by atoms with Crippen LogP contribution in [0.3, 0.4) is 0 Å². The minimum atomic E-state index is -0.724. The van der Waals surface area contributed by atoms with Gasteiger partial charge in [-0.3, -0.25) is 4.68 Å². The quantitative estimate of drug-likeness (QED) is 0.861. The molecule has 1 heterocycles. The van der Waals surface area contributed by atoms with Crippen molar-refractivity contribution in [3.8, 4) is 0 Å². The summed E-state index contributed by atoms with van der Waals surface area (Å²) in [5.74, 6) is 0. The SMILES string of the molecule is CCc1nn(C)c(CC(O)c2cccc(Br)c2Cl)c1Cl. The van der Waals surface area contributed by atoms with Gasteiger partial charge < -0.3 is 5.11 Å². The van der Waals surface area contributed by atoms with Crippen molar-refractivity contribution in [2.24, 2.45) is 7.05 Å². The predicted molar refractivity (Wildman–Crippen MR) is 85.4 cm³/mol. The van der Waals surface area contributed by atoms with Crippen molar-refractivity contribution in [2.45, 2.75) is 25.9 Å². The molecule has 1 aromatic heterocycles. The number of aromatic nitrogens is 2. The minimum absolute atomic E-state index is 0.374. The van der Waals surface area contributed by atoms with Gasteiger partial charge in [0.15, 0.2) is 0 Å². The number of benzene rings is 1. The molecule has 2 aromatic rings. The van der Waals surface area contributed by atoms with Crippen LogP contribution in [-0.4, -0.2) is 14.9 Å². The molecule has 1 N–H and O–H groups in total. The molecule has 20 heavy (non-hydrogen) atoms. The highest BCUT2D eigenvalue weighted by atomic mass is 79.9. The number of aliphatic hydroxyl groups is 1. The van der Waals surface area contributed by atoms with Gasteiger partial charge in [0.05, 0.1) is 27.5 Å². The van der Waals surface area contributed by atoms with E-state index in [9.17, 15) is 5.11 Å². The highest BCUT2D eigenvalue weighted by Crippen LogP contribution is 2.33. The molecule has 0 saturated carbocycles. The highest BCUT2D eigenvalue weighted by molar-refractivity contribution is 9.10. The molecule has 1 unspecified atom stereocenters. The largest absolute Gasteiger partial charge is 0.388 e. The molecule has 0 aliphatic rings. The highest BCUT2D eigenvalue weighted by Gasteiger charge is 2.19. The summed E-state index contributed by atoms with van der Waals surface area (Å²) in [6.07, 6.45) is 0.413. The summed E-state index contributed by atoms with van der Waals surface area (Å²) in [4.78, 5) is 0. The summed E-state index contributed by atoms with van der Waals surface area (Å²) in [6.45, 7) is 2.00. The van der Waals surface area contributed by atoms with Crippen molar-refractivity contribution in [3.63, 3.8) is 0 Å². The second-order valence-corrected chi connectivity index (χ2v) is 6.16. The molecule has 0 bridgehead atoms. The third-order valence-corrected chi connectivity index (χ3v) is 4.98. The van der Waals surface area contributed by atoms with E-state index in [-0.39, 0.29) is 0 Å². The second-order valence-electron chi connectivity index (χ2n) is 4.55. The minimum Gasteiger partial charge on any atom is -0.388 e. The van der Waals surface area contributed by atoms with Gasteiger partial charge in [-0.15, -0.1) is 0 Å². The number of nitrogens with zero attached hydrogens (tertiary/aromatic N) is 2. The Labute approximate surface area is 136 Å². The van der Waals surface area contributed by atoms with Crippen molar-refractivity contribution in [2.75, 3.05) is 0 Å². The van der Waals surface area contributed by atoms with Crippen LogP contribution in [0.1, 0.15) is 30.0 Å². The van der Waals surface area contributed by atoms with E-state index in [4.69, 9.17) is 23.2 Å². The lowest BCUT2D eigenvalue weighted by molar-refractivity contribution is 0.176. The zero-order chi connectivity index (χ0) is 14.9. The summed E-state index contributed by atoms with van der Waals surface area (Å²) >= 11 is 15.9. The molecule has 0 saturated heterocycles. The first-order valence-electron chi connectivity index (χ1n) is 6.27.